The Balaban J connectivity index is 1.41. The lowest BCUT2D eigenvalue weighted by Crippen LogP contribution is -2.41. The Kier molecular flexibility index (Phi) is 9.80. The van der Waals surface area contributed by atoms with Crippen LogP contribution in [0.25, 0.3) is 21.9 Å². The number of nitrogens with two attached hydrogens (primary N) is 1. The van der Waals surface area contributed by atoms with Gasteiger partial charge < -0.3 is 34.3 Å². The third-order valence-electron chi connectivity index (χ3n) is 7.54. The van der Waals surface area contributed by atoms with Gasteiger partial charge in [-0.2, -0.15) is 9.97 Å². The molecule has 0 aliphatic carbocycles. The van der Waals surface area contributed by atoms with Gasteiger partial charge in [0.05, 0.1) is 19.5 Å². The van der Waals surface area contributed by atoms with Crippen molar-refractivity contribution in [3.63, 3.8) is 0 Å². The van der Waals surface area contributed by atoms with Gasteiger partial charge in [0.25, 0.3) is 0 Å². The molecule has 1 saturated heterocycles. The van der Waals surface area contributed by atoms with Crippen molar-refractivity contribution in [2.24, 2.45) is 5.41 Å². The minimum Gasteiger partial charge on any atom is -0.464 e. The van der Waals surface area contributed by atoms with Crippen molar-refractivity contribution in [3.8, 4) is 5.75 Å². The van der Waals surface area contributed by atoms with E-state index in [2.05, 4.69) is 20.0 Å². The lowest BCUT2D eigenvalue weighted by Gasteiger charge is -2.29. The van der Waals surface area contributed by atoms with Gasteiger partial charge in [-0.25, -0.2) is 14.5 Å². The van der Waals surface area contributed by atoms with E-state index in [0.29, 0.717) is 17.1 Å². The van der Waals surface area contributed by atoms with Crippen molar-refractivity contribution in [2.45, 2.75) is 64.8 Å². The van der Waals surface area contributed by atoms with Crippen molar-refractivity contribution in [3.05, 3.63) is 48.8 Å². The minimum atomic E-state index is -3.58. The van der Waals surface area contributed by atoms with Crippen LogP contribution in [-0.2, 0) is 30.6 Å². The molecule has 254 valence electrons. The molecule has 4 aromatic rings. The number of aliphatic hydroxyl groups excluding tert-OH is 1. The SMILES string of the molecule is C[C@H](N[P@@](=S)(OC[C@H]1O[C@@H](n2cnc3c(N(C)C)nc(N)nc32)[C@](C)(F)[C@@H]1O)Oc1cccc2ccccc12)C(=O)OCC(C)(C)C. The van der Waals surface area contributed by atoms with E-state index in [9.17, 15) is 9.90 Å². The first-order valence-corrected chi connectivity index (χ1v) is 17.7. The van der Waals surface area contributed by atoms with Crippen LogP contribution in [-0.4, -0.2) is 81.8 Å². The zero-order valence-corrected chi connectivity index (χ0v) is 29.1. The van der Waals surface area contributed by atoms with Crippen LogP contribution in [0.4, 0.5) is 16.2 Å². The van der Waals surface area contributed by atoms with Crippen LogP contribution in [0.3, 0.4) is 0 Å². The number of anilines is 2. The molecule has 3 heterocycles. The van der Waals surface area contributed by atoms with Crippen LogP contribution >= 0.6 is 6.64 Å². The van der Waals surface area contributed by atoms with E-state index in [4.69, 9.17) is 36.1 Å². The summed E-state index contributed by atoms with van der Waals surface area (Å²) in [4.78, 5) is 27.5. The summed E-state index contributed by atoms with van der Waals surface area (Å²) < 4.78 is 41.8. The molecular weight excluding hydrogens is 648 g/mol. The minimum absolute atomic E-state index is 0.0329. The Labute approximate surface area is 277 Å². The number of ether oxygens (including phenoxy) is 2. The van der Waals surface area contributed by atoms with E-state index in [-0.39, 0.29) is 30.2 Å². The Hall–Kier alpha value is -3.46. The molecule has 1 fully saturated rings. The molecule has 2 aromatic heterocycles. The second kappa shape index (κ2) is 13.2. The Morgan fingerprint density at radius 1 is 1.26 bits per heavy atom. The highest BCUT2D eigenvalue weighted by molar-refractivity contribution is 8.09. The fourth-order valence-electron chi connectivity index (χ4n) is 5.12. The van der Waals surface area contributed by atoms with E-state index in [1.54, 1.807) is 32.0 Å². The number of carbonyl (C=O) groups excluding carboxylic acids is 1. The van der Waals surface area contributed by atoms with Gasteiger partial charge in [0.2, 0.25) is 5.95 Å². The van der Waals surface area contributed by atoms with Gasteiger partial charge in [-0.05, 0) is 42.5 Å². The number of aliphatic hydroxyl groups is 1. The quantitative estimate of drug-likeness (QED) is 0.149. The first-order chi connectivity index (χ1) is 22.0. The first-order valence-electron chi connectivity index (χ1n) is 15.1. The number of alkyl halides is 1. The molecule has 16 heteroatoms. The van der Waals surface area contributed by atoms with Gasteiger partial charge in [0.1, 0.15) is 24.0 Å². The molecule has 0 unspecified atom stereocenters. The van der Waals surface area contributed by atoms with E-state index in [1.807, 2.05) is 57.2 Å². The number of hydrogen-bond acceptors (Lipinski definition) is 12. The van der Waals surface area contributed by atoms with Gasteiger partial charge in [-0.1, -0.05) is 57.2 Å². The largest absolute Gasteiger partial charge is 0.464 e. The number of nitrogens with one attached hydrogen (secondary N) is 1. The molecular formula is C31H41FN7O6PS. The maximum atomic E-state index is 16.3. The van der Waals surface area contributed by atoms with Crippen molar-refractivity contribution < 1.29 is 32.8 Å². The van der Waals surface area contributed by atoms with Crippen LogP contribution in [0.15, 0.2) is 48.8 Å². The van der Waals surface area contributed by atoms with Crippen LogP contribution in [0.2, 0.25) is 0 Å². The van der Waals surface area contributed by atoms with Gasteiger partial charge in [-0.3, -0.25) is 9.36 Å². The number of nitrogen functional groups attached to an aromatic ring is 1. The third kappa shape index (κ3) is 7.50. The molecule has 0 bridgehead atoms. The average molecular weight is 690 g/mol. The van der Waals surface area contributed by atoms with Crippen LogP contribution < -0.4 is 20.2 Å². The number of benzene rings is 2. The maximum Gasteiger partial charge on any atom is 0.323 e. The topological polar surface area (TPSA) is 159 Å². The monoisotopic (exact) mass is 689 g/mol. The molecule has 1 aliphatic heterocycles. The summed E-state index contributed by atoms with van der Waals surface area (Å²) in [6.07, 6.45) is -2.82. The summed E-state index contributed by atoms with van der Waals surface area (Å²) in [5, 5.41) is 15.9. The Morgan fingerprint density at radius 3 is 2.66 bits per heavy atom. The molecule has 47 heavy (non-hydrogen) atoms. The predicted molar refractivity (Wildman–Crippen MR) is 181 cm³/mol. The third-order valence-corrected chi connectivity index (χ3v) is 10.0. The number of esters is 1. The molecule has 0 spiro atoms. The van der Waals surface area contributed by atoms with Gasteiger partial charge in [0.15, 0.2) is 28.9 Å². The fraction of sp³-hybridized carbons (Fsp3) is 0.484. The molecule has 0 radical (unpaired) electrons. The van der Waals surface area contributed by atoms with E-state index in [1.165, 1.54) is 17.8 Å². The summed E-state index contributed by atoms with van der Waals surface area (Å²) >= 11 is 5.92. The second-order valence-corrected chi connectivity index (χ2v) is 16.3. The highest BCUT2D eigenvalue weighted by Gasteiger charge is 2.56. The van der Waals surface area contributed by atoms with Crippen molar-refractivity contribution in [1.82, 2.24) is 24.6 Å². The van der Waals surface area contributed by atoms with Gasteiger partial charge in [-0.15, -0.1) is 0 Å². The van der Waals surface area contributed by atoms with Gasteiger partial charge >= 0.3 is 12.6 Å². The van der Waals surface area contributed by atoms with Crippen molar-refractivity contribution in [1.29, 1.82) is 0 Å². The number of halogens is 1. The molecule has 0 saturated carbocycles. The van der Waals surface area contributed by atoms with Crippen LogP contribution in [0, 0.1) is 5.41 Å². The Bertz CT molecular complexity index is 1810. The molecule has 6 atom stereocenters. The highest BCUT2D eigenvalue weighted by atomic mass is 32.5. The summed E-state index contributed by atoms with van der Waals surface area (Å²) in [5.41, 5.74) is 4.01. The van der Waals surface area contributed by atoms with E-state index in [0.717, 1.165) is 10.8 Å². The summed E-state index contributed by atoms with van der Waals surface area (Å²) in [7, 11) is 3.54. The number of fused-ring (bicyclic) bond motifs is 2. The summed E-state index contributed by atoms with van der Waals surface area (Å²) in [6, 6.07) is 12.1. The van der Waals surface area contributed by atoms with Crippen LogP contribution in [0.1, 0.15) is 40.8 Å². The molecule has 1 aliphatic rings. The standard InChI is InChI=1S/C31H41FN7O6PS/c1-18(27(41)42-16-30(2,3)4)37-46(47,45-21-14-10-12-19-11-8-9-13-20(19)21)43-15-22-24(40)31(5,32)28(44-22)39-17-34-23-25(38(6)7)35-29(33)36-26(23)39/h8-14,17-18,22,24,28,40H,15-16H2,1-7H3,(H,37,47)(H2,33,35,36)/t18-,22+,24+,28+,31+,46+/m0/s1. The molecule has 5 rings (SSSR count). The van der Waals surface area contributed by atoms with Crippen molar-refractivity contribution in [2.75, 3.05) is 37.9 Å². The van der Waals surface area contributed by atoms with E-state index < -0.39 is 42.8 Å². The zero-order chi connectivity index (χ0) is 34.3. The number of hydrogen-bond donors (Lipinski definition) is 3. The molecule has 0 amide bonds. The molecule has 4 N–H and O–H groups in total. The second-order valence-electron chi connectivity index (χ2n) is 13.1. The maximum absolute atomic E-state index is 16.3. The van der Waals surface area contributed by atoms with Gasteiger partial charge in [0, 0.05) is 19.5 Å². The molecule has 2 aromatic carbocycles. The summed E-state index contributed by atoms with van der Waals surface area (Å²) in [5.74, 6) is 0.291. The molecule has 13 nitrogen and oxygen atoms in total. The fourth-order valence-corrected chi connectivity index (χ4v) is 7.54. The number of nitrogens with zero attached hydrogens (tertiary/aromatic N) is 5. The van der Waals surface area contributed by atoms with Crippen LogP contribution in [0.5, 0.6) is 5.75 Å². The lowest BCUT2D eigenvalue weighted by atomic mass is 9.98. The highest BCUT2D eigenvalue weighted by Crippen LogP contribution is 2.49. The smallest absolute Gasteiger partial charge is 0.323 e. The van der Waals surface area contributed by atoms with Crippen molar-refractivity contribution >= 4 is 58.1 Å². The number of aromatic nitrogens is 4. The number of rotatable bonds is 11. The first kappa shape index (κ1) is 34.9. The number of imidazole rings is 1. The number of carbonyl (C=O) groups is 1. The van der Waals surface area contributed by atoms with E-state index >= 15 is 4.39 Å². The normalized spacial score (nSPS) is 23.5. The summed E-state index contributed by atoms with van der Waals surface area (Å²) in [6.45, 7) is 4.91. The zero-order valence-electron chi connectivity index (χ0n) is 27.4. The predicted octanol–water partition coefficient (Wildman–Crippen LogP) is 4.50. The average Bonchev–Trinajstić information content (AvgIpc) is 3.51. The lowest BCUT2D eigenvalue weighted by molar-refractivity contribution is -0.148. The Morgan fingerprint density at radius 2 is 1.96 bits per heavy atom.